The number of aliphatic hydroxyl groups excluding tert-OH is 1. The van der Waals surface area contributed by atoms with E-state index in [1.54, 1.807) is 0 Å². The van der Waals surface area contributed by atoms with Gasteiger partial charge >= 0.3 is 0 Å². The van der Waals surface area contributed by atoms with Crippen LogP contribution in [0.3, 0.4) is 0 Å². The van der Waals surface area contributed by atoms with Crippen molar-refractivity contribution in [2.75, 3.05) is 6.54 Å². The minimum absolute atomic E-state index is 0.0417. The lowest BCUT2D eigenvalue weighted by Gasteiger charge is -2.45. The van der Waals surface area contributed by atoms with Gasteiger partial charge in [-0.15, -0.1) is 0 Å². The Morgan fingerprint density at radius 3 is 2.08 bits per heavy atom. The van der Waals surface area contributed by atoms with Gasteiger partial charge in [-0.05, 0) is 53.3 Å². The Balaban J connectivity index is 1.38. The summed E-state index contributed by atoms with van der Waals surface area (Å²) in [6, 6.07) is 21.7. The molecule has 3 aliphatic carbocycles. The zero-order valence-corrected chi connectivity index (χ0v) is 14.7. The summed E-state index contributed by atoms with van der Waals surface area (Å²) in [6.45, 7) is 1.64. The molecule has 3 aliphatic rings. The van der Waals surface area contributed by atoms with E-state index in [1.165, 1.54) is 28.7 Å². The van der Waals surface area contributed by atoms with Crippen molar-refractivity contribution in [3.63, 3.8) is 0 Å². The number of benzene rings is 2. The van der Waals surface area contributed by atoms with E-state index in [1.807, 2.05) is 12.1 Å². The summed E-state index contributed by atoms with van der Waals surface area (Å²) in [7, 11) is 0. The van der Waals surface area contributed by atoms with Gasteiger partial charge in [-0.2, -0.15) is 0 Å². The summed E-state index contributed by atoms with van der Waals surface area (Å²) in [6.07, 6.45) is 1.20. The fraction of sp³-hybridized carbons (Fsp3) is 0.304. The molecule has 0 fully saturated rings. The highest BCUT2D eigenvalue weighted by Crippen LogP contribution is 2.55. The van der Waals surface area contributed by atoms with E-state index >= 15 is 0 Å². The highest BCUT2D eigenvalue weighted by Gasteiger charge is 2.42. The third kappa shape index (κ3) is 2.51. The molecular weight excluding hydrogens is 322 g/mol. The Bertz CT molecular complexity index is 882. The van der Waals surface area contributed by atoms with Gasteiger partial charge in [0.25, 0.3) is 0 Å². The molecule has 1 heterocycles. The van der Waals surface area contributed by atoms with Crippen LogP contribution < -0.4 is 5.32 Å². The van der Waals surface area contributed by atoms with Gasteiger partial charge in [0.15, 0.2) is 0 Å². The van der Waals surface area contributed by atoms with Crippen molar-refractivity contribution in [1.29, 1.82) is 0 Å². The SMILES string of the molecule is OCc1ccc(CNC[C@H]2CC3c4ccccc4C2c2ccccc23)o1. The summed E-state index contributed by atoms with van der Waals surface area (Å²) in [5.74, 6) is 3.10. The third-order valence-electron chi connectivity index (χ3n) is 6.00. The molecule has 3 heteroatoms. The highest BCUT2D eigenvalue weighted by atomic mass is 16.4. The average Bonchev–Trinajstić information content (AvgIpc) is 3.16. The van der Waals surface area contributed by atoms with Gasteiger partial charge < -0.3 is 14.8 Å². The van der Waals surface area contributed by atoms with Gasteiger partial charge in [0.1, 0.15) is 18.1 Å². The summed E-state index contributed by atoms with van der Waals surface area (Å²) >= 11 is 0. The number of aliphatic hydroxyl groups is 1. The Morgan fingerprint density at radius 1 is 0.846 bits per heavy atom. The summed E-state index contributed by atoms with van der Waals surface area (Å²) in [5.41, 5.74) is 6.06. The maximum absolute atomic E-state index is 9.12. The summed E-state index contributed by atoms with van der Waals surface area (Å²) in [4.78, 5) is 0. The number of furan rings is 1. The van der Waals surface area contributed by atoms with Gasteiger partial charge in [0.05, 0.1) is 6.54 Å². The van der Waals surface area contributed by atoms with Crippen molar-refractivity contribution < 1.29 is 9.52 Å². The molecule has 132 valence electrons. The summed E-state index contributed by atoms with van der Waals surface area (Å²) in [5, 5.41) is 12.7. The first-order chi connectivity index (χ1) is 12.8. The van der Waals surface area contributed by atoms with Crippen LogP contribution in [0.5, 0.6) is 0 Å². The number of fused-ring (bicyclic) bond motifs is 1. The predicted octanol–water partition coefficient (Wildman–Crippen LogP) is 4.16. The Labute approximate surface area is 153 Å². The molecule has 3 aromatic rings. The Morgan fingerprint density at radius 2 is 1.46 bits per heavy atom. The molecule has 0 spiro atoms. The average molecular weight is 345 g/mol. The molecule has 0 amide bonds. The van der Waals surface area contributed by atoms with Crippen molar-refractivity contribution in [1.82, 2.24) is 5.32 Å². The first-order valence-electron chi connectivity index (χ1n) is 9.42. The molecule has 0 aliphatic heterocycles. The second-order valence-corrected chi connectivity index (χ2v) is 7.44. The quantitative estimate of drug-likeness (QED) is 0.730. The number of hydrogen-bond donors (Lipinski definition) is 2. The van der Waals surface area contributed by atoms with Gasteiger partial charge in [0.2, 0.25) is 0 Å². The zero-order valence-electron chi connectivity index (χ0n) is 14.7. The highest BCUT2D eigenvalue weighted by molar-refractivity contribution is 5.55. The molecular formula is C23H23NO2. The fourth-order valence-corrected chi connectivity index (χ4v) is 4.94. The topological polar surface area (TPSA) is 45.4 Å². The van der Waals surface area contributed by atoms with Crippen LogP contribution in [0.1, 0.15) is 52.0 Å². The molecule has 2 bridgehead atoms. The lowest BCUT2D eigenvalue weighted by atomic mass is 9.59. The van der Waals surface area contributed by atoms with Gasteiger partial charge in [-0.25, -0.2) is 0 Å². The normalized spacial score (nSPS) is 22.9. The van der Waals surface area contributed by atoms with Crippen molar-refractivity contribution >= 4 is 0 Å². The molecule has 1 atom stereocenters. The van der Waals surface area contributed by atoms with Crippen molar-refractivity contribution in [2.45, 2.75) is 31.4 Å². The molecule has 2 aromatic carbocycles. The van der Waals surface area contributed by atoms with Crippen molar-refractivity contribution in [3.8, 4) is 0 Å². The van der Waals surface area contributed by atoms with Crippen LogP contribution >= 0.6 is 0 Å². The van der Waals surface area contributed by atoms with E-state index in [0.717, 1.165) is 12.3 Å². The molecule has 0 unspecified atom stereocenters. The van der Waals surface area contributed by atoms with E-state index in [2.05, 4.69) is 53.8 Å². The first-order valence-corrected chi connectivity index (χ1v) is 9.42. The Kier molecular flexibility index (Phi) is 3.92. The van der Waals surface area contributed by atoms with E-state index in [4.69, 9.17) is 9.52 Å². The maximum atomic E-state index is 9.12. The van der Waals surface area contributed by atoms with Gasteiger partial charge in [-0.1, -0.05) is 48.5 Å². The largest absolute Gasteiger partial charge is 0.462 e. The van der Waals surface area contributed by atoms with Crippen LogP contribution in [0.15, 0.2) is 65.1 Å². The second-order valence-electron chi connectivity index (χ2n) is 7.44. The lowest BCUT2D eigenvalue weighted by Crippen LogP contribution is -2.37. The molecule has 1 aromatic heterocycles. The lowest BCUT2D eigenvalue weighted by molar-refractivity contribution is 0.242. The molecule has 0 saturated carbocycles. The zero-order chi connectivity index (χ0) is 17.5. The first kappa shape index (κ1) is 15.9. The fourth-order valence-electron chi connectivity index (χ4n) is 4.94. The van der Waals surface area contributed by atoms with Crippen LogP contribution in [-0.4, -0.2) is 11.7 Å². The smallest absolute Gasteiger partial charge is 0.129 e. The van der Waals surface area contributed by atoms with E-state index < -0.39 is 0 Å². The number of hydrogen-bond acceptors (Lipinski definition) is 3. The standard InChI is InChI=1S/C23H23NO2/c25-14-17-10-9-16(26-17)13-24-12-15-11-22-18-5-1-3-7-20(18)23(15)21-8-4-2-6-19(21)22/h1-10,15,22-25H,11-14H2/t15-,22?,23?/m1/s1. The van der Waals surface area contributed by atoms with Crippen molar-refractivity contribution in [2.24, 2.45) is 5.92 Å². The second kappa shape index (κ2) is 6.42. The molecule has 3 nitrogen and oxygen atoms in total. The van der Waals surface area contributed by atoms with Gasteiger partial charge in [-0.3, -0.25) is 0 Å². The molecule has 0 saturated heterocycles. The molecule has 2 N–H and O–H groups in total. The van der Waals surface area contributed by atoms with Crippen LogP contribution in [0.2, 0.25) is 0 Å². The third-order valence-corrected chi connectivity index (χ3v) is 6.00. The molecule has 0 radical (unpaired) electrons. The van der Waals surface area contributed by atoms with Crippen LogP contribution in [0, 0.1) is 5.92 Å². The number of nitrogens with one attached hydrogen (secondary N) is 1. The van der Waals surface area contributed by atoms with E-state index in [9.17, 15) is 0 Å². The minimum Gasteiger partial charge on any atom is -0.462 e. The van der Waals surface area contributed by atoms with Crippen molar-refractivity contribution in [3.05, 3.63) is 94.4 Å². The monoisotopic (exact) mass is 345 g/mol. The minimum atomic E-state index is -0.0417. The maximum Gasteiger partial charge on any atom is 0.129 e. The van der Waals surface area contributed by atoms with Crippen LogP contribution in [0.25, 0.3) is 0 Å². The summed E-state index contributed by atoms with van der Waals surface area (Å²) < 4.78 is 5.58. The van der Waals surface area contributed by atoms with E-state index in [-0.39, 0.29) is 6.61 Å². The Hall–Kier alpha value is -2.36. The molecule has 6 rings (SSSR count). The van der Waals surface area contributed by atoms with Gasteiger partial charge in [0, 0.05) is 11.8 Å². The number of rotatable bonds is 5. The van der Waals surface area contributed by atoms with Crippen LogP contribution in [-0.2, 0) is 13.2 Å². The van der Waals surface area contributed by atoms with E-state index in [0.29, 0.717) is 30.1 Å². The van der Waals surface area contributed by atoms with Crippen LogP contribution in [0.4, 0.5) is 0 Å². The molecule has 26 heavy (non-hydrogen) atoms. The predicted molar refractivity (Wildman–Crippen MR) is 101 cm³/mol.